The van der Waals surface area contributed by atoms with E-state index in [1.54, 1.807) is 0 Å². The number of likely N-dealkylation sites (tertiary alicyclic amines) is 1. The monoisotopic (exact) mass is 254 g/mol. The van der Waals surface area contributed by atoms with Crippen molar-refractivity contribution < 1.29 is 5.11 Å². The second kappa shape index (κ2) is 6.36. The van der Waals surface area contributed by atoms with Gasteiger partial charge in [-0.15, -0.1) is 0 Å². The molecule has 0 amide bonds. The van der Waals surface area contributed by atoms with Gasteiger partial charge < -0.3 is 15.3 Å². The maximum Gasteiger partial charge on any atom is 0.0471 e. The molecule has 0 spiro atoms. The molecule has 0 radical (unpaired) electrons. The lowest BCUT2D eigenvalue weighted by atomic mass is 9.69. The van der Waals surface area contributed by atoms with Crippen LogP contribution in [0.2, 0.25) is 0 Å². The van der Waals surface area contributed by atoms with Crippen molar-refractivity contribution in [2.24, 2.45) is 17.3 Å². The van der Waals surface area contributed by atoms with Crippen molar-refractivity contribution in [2.45, 2.75) is 39.0 Å². The van der Waals surface area contributed by atoms with Crippen LogP contribution < -0.4 is 5.32 Å². The van der Waals surface area contributed by atoms with Gasteiger partial charge in [-0.3, -0.25) is 0 Å². The third-order valence-electron chi connectivity index (χ3n) is 4.92. The predicted molar refractivity (Wildman–Crippen MR) is 75.6 cm³/mol. The van der Waals surface area contributed by atoms with Gasteiger partial charge >= 0.3 is 0 Å². The molecular formula is C15H30N2O. The molecule has 1 heterocycles. The molecule has 3 unspecified atom stereocenters. The van der Waals surface area contributed by atoms with E-state index in [1.165, 1.54) is 45.2 Å². The zero-order chi connectivity index (χ0) is 13.0. The van der Waals surface area contributed by atoms with Crippen molar-refractivity contribution in [3.8, 4) is 0 Å². The van der Waals surface area contributed by atoms with E-state index < -0.39 is 0 Å². The molecule has 0 aromatic heterocycles. The van der Waals surface area contributed by atoms with Crippen LogP contribution in [0.4, 0.5) is 0 Å². The lowest BCUT2D eigenvalue weighted by molar-refractivity contribution is 0.0894. The zero-order valence-electron chi connectivity index (χ0n) is 12.1. The number of hydrogen-bond donors (Lipinski definition) is 2. The van der Waals surface area contributed by atoms with Gasteiger partial charge in [0.25, 0.3) is 0 Å². The van der Waals surface area contributed by atoms with Gasteiger partial charge in [0.05, 0.1) is 0 Å². The van der Waals surface area contributed by atoms with Gasteiger partial charge in [-0.25, -0.2) is 0 Å². The van der Waals surface area contributed by atoms with Gasteiger partial charge in [-0.2, -0.15) is 0 Å². The molecule has 3 nitrogen and oxygen atoms in total. The third kappa shape index (κ3) is 3.46. The van der Waals surface area contributed by atoms with E-state index in [2.05, 4.69) is 24.2 Å². The summed E-state index contributed by atoms with van der Waals surface area (Å²) in [6.45, 7) is 7.45. The Morgan fingerprint density at radius 2 is 2.22 bits per heavy atom. The van der Waals surface area contributed by atoms with Crippen LogP contribution in [0.3, 0.4) is 0 Å². The largest absolute Gasteiger partial charge is 0.396 e. The highest BCUT2D eigenvalue weighted by Gasteiger charge is 2.37. The molecule has 2 N–H and O–H groups in total. The lowest BCUT2D eigenvalue weighted by Gasteiger charge is -2.42. The smallest absolute Gasteiger partial charge is 0.0471 e. The second-order valence-electron chi connectivity index (χ2n) is 6.80. The third-order valence-corrected chi connectivity index (χ3v) is 4.92. The normalized spacial score (nSPS) is 38.2. The van der Waals surface area contributed by atoms with Crippen molar-refractivity contribution in [2.75, 3.05) is 39.8 Å². The van der Waals surface area contributed by atoms with Gasteiger partial charge in [0.15, 0.2) is 0 Å². The van der Waals surface area contributed by atoms with Crippen LogP contribution in [0.25, 0.3) is 0 Å². The van der Waals surface area contributed by atoms with Crippen LogP contribution in [0, 0.1) is 17.3 Å². The van der Waals surface area contributed by atoms with Gasteiger partial charge in [-0.05, 0) is 50.1 Å². The minimum absolute atomic E-state index is 0.367. The zero-order valence-corrected chi connectivity index (χ0v) is 12.1. The first-order valence-corrected chi connectivity index (χ1v) is 7.65. The molecule has 1 aliphatic heterocycles. The number of nitrogens with one attached hydrogen (secondary N) is 1. The summed E-state index contributed by atoms with van der Waals surface area (Å²) in [5.41, 5.74) is 0.483. The summed E-state index contributed by atoms with van der Waals surface area (Å²) >= 11 is 0. The van der Waals surface area contributed by atoms with Crippen molar-refractivity contribution in [1.29, 1.82) is 0 Å². The quantitative estimate of drug-likeness (QED) is 0.784. The first-order valence-electron chi connectivity index (χ1n) is 7.65. The fourth-order valence-electron chi connectivity index (χ4n) is 4.18. The molecule has 106 valence electrons. The van der Waals surface area contributed by atoms with Crippen molar-refractivity contribution in [1.82, 2.24) is 10.2 Å². The molecule has 3 atom stereocenters. The van der Waals surface area contributed by atoms with Crippen molar-refractivity contribution in [3.05, 3.63) is 0 Å². The van der Waals surface area contributed by atoms with Crippen LogP contribution in [0.15, 0.2) is 0 Å². The molecule has 2 fully saturated rings. The minimum atomic E-state index is 0.367. The number of hydrogen-bond acceptors (Lipinski definition) is 3. The summed E-state index contributed by atoms with van der Waals surface area (Å²) in [7, 11) is 2.08. The van der Waals surface area contributed by atoms with Gasteiger partial charge in [-0.1, -0.05) is 19.8 Å². The van der Waals surface area contributed by atoms with Crippen molar-refractivity contribution >= 4 is 0 Å². The fourth-order valence-corrected chi connectivity index (χ4v) is 4.18. The molecule has 18 heavy (non-hydrogen) atoms. The number of rotatable bonds is 5. The second-order valence-corrected chi connectivity index (χ2v) is 6.80. The lowest BCUT2D eigenvalue weighted by Crippen LogP contribution is -2.45. The molecule has 0 bridgehead atoms. The Morgan fingerprint density at radius 1 is 1.39 bits per heavy atom. The van der Waals surface area contributed by atoms with E-state index in [0.29, 0.717) is 17.9 Å². The topological polar surface area (TPSA) is 35.5 Å². The molecule has 2 aliphatic rings. The number of aliphatic hydroxyl groups is 1. The summed E-state index contributed by atoms with van der Waals surface area (Å²) in [5.74, 6) is 1.40. The van der Waals surface area contributed by atoms with Gasteiger partial charge in [0.1, 0.15) is 0 Å². The van der Waals surface area contributed by atoms with Gasteiger partial charge in [0, 0.05) is 26.2 Å². The van der Waals surface area contributed by atoms with E-state index in [4.69, 9.17) is 0 Å². The van der Waals surface area contributed by atoms with E-state index >= 15 is 0 Å². The summed E-state index contributed by atoms with van der Waals surface area (Å²) in [5, 5.41) is 12.7. The van der Waals surface area contributed by atoms with E-state index in [0.717, 1.165) is 19.0 Å². The molecule has 1 saturated carbocycles. The maximum absolute atomic E-state index is 9.26. The highest BCUT2D eigenvalue weighted by Crippen LogP contribution is 2.40. The Morgan fingerprint density at radius 3 is 2.83 bits per heavy atom. The Labute approximate surface area is 112 Å². The SMILES string of the molecule is CNCC1(CN2CCC(CO)C2)CCCC(C)C1. The standard InChI is InChI=1S/C15H30N2O/c1-13-4-3-6-15(8-13,11-16-2)12-17-7-5-14(9-17)10-18/h13-14,16,18H,3-12H2,1-2H3. The summed E-state index contributed by atoms with van der Waals surface area (Å²) in [6.07, 6.45) is 6.72. The first-order chi connectivity index (χ1) is 8.67. The molecule has 1 saturated heterocycles. The van der Waals surface area contributed by atoms with Gasteiger partial charge in [0.2, 0.25) is 0 Å². The Hall–Kier alpha value is -0.120. The maximum atomic E-state index is 9.26. The molecule has 0 aromatic carbocycles. The average Bonchev–Trinajstić information content (AvgIpc) is 2.76. The number of aliphatic hydroxyl groups excluding tert-OH is 1. The van der Waals surface area contributed by atoms with E-state index in [1.807, 2.05) is 0 Å². The molecular weight excluding hydrogens is 224 g/mol. The Kier molecular flexibility index (Phi) is 5.05. The highest BCUT2D eigenvalue weighted by molar-refractivity contribution is 4.91. The van der Waals surface area contributed by atoms with Crippen LogP contribution in [0.1, 0.15) is 39.0 Å². The van der Waals surface area contributed by atoms with E-state index in [-0.39, 0.29) is 0 Å². The summed E-state index contributed by atoms with van der Waals surface area (Å²) < 4.78 is 0. The molecule has 1 aliphatic carbocycles. The van der Waals surface area contributed by atoms with Crippen LogP contribution in [-0.4, -0.2) is 49.8 Å². The number of nitrogens with zero attached hydrogens (tertiary/aromatic N) is 1. The highest BCUT2D eigenvalue weighted by atomic mass is 16.3. The predicted octanol–water partition coefficient (Wildman–Crippen LogP) is 1.72. The fraction of sp³-hybridized carbons (Fsp3) is 1.00. The van der Waals surface area contributed by atoms with Crippen molar-refractivity contribution in [3.63, 3.8) is 0 Å². The summed E-state index contributed by atoms with van der Waals surface area (Å²) in [4.78, 5) is 2.59. The molecule has 3 heteroatoms. The molecule has 0 aromatic rings. The van der Waals surface area contributed by atoms with Crippen LogP contribution >= 0.6 is 0 Å². The Bertz CT molecular complexity index is 255. The van der Waals surface area contributed by atoms with Crippen LogP contribution in [-0.2, 0) is 0 Å². The first kappa shape index (κ1) is 14.3. The molecule has 2 rings (SSSR count). The van der Waals surface area contributed by atoms with Crippen LogP contribution in [0.5, 0.6) is 0 Å². The minimum Gasteiger partial charge on any atom is -0.396 e. The average molecular weight is 254 g/mol. The Balaban J connectivity index is 1.93. The van der Waals surface area contributed by atoms with E-state index in [9.17, 15) is 5.11 Å². The summed E-state index contributed by atoms with van der Waals surface area (Å²) in [6, 6.07) is 0.